The Labute approximate surface area is 101 Å². The molecule has 10 heteroatoms. The summed E-state index contributed by atoms with van der Waals surface area (Å²) in [6.45, 7) is 0.875. The van der Waals surface area contributed by atoms with Gasteiger partial charge in [-0.15, -0.1) is 0 Å². The van der Waals surface area contributed by atoms with Crippen LogP contribution in [0.1, 0.15) is 6.92 Å². The van der Waals surface area contributed by atoms with Crippen molar-refractivity contribution in [2.75, 3.05) is 6.61 Å². The molecule has 0 heterocycles. The summed E-state index contributed by atoms with van der Waals surface area (Å²) in [6.07, 6.45) is -0.653. The molecule has 0 fully saturated rings. The third-order valence-electron chi connectivity index (χ3n) is 1.58. The van der Waals surface area contributed by atoms with Gasteiger partial charge in [-0.2, -0.15) is 26.3 Å². The van der Waals surface area contributed by atoms with Crippen molar-refractivity contribution in [1.82, 2.24) is 0 Å². The smallest absolute Gasteiger partial charge is 0.393 e. The zero-order valence-electron chi connectivity index (χ0n) is 8.62. The molecule has 0 saturated heterocycles. The van der Waals surface area contributed by atoms with Crippen LogP contribution in [0.25, 0.3) is 0 Å². The number of hydrogen-bond donors (Lipinski definition) is 0. The zero-order valence-corrected chi connectivity index (χ0v) is 9.38. The van der Waals surface area contributed by atoms with Crippen LogP contribution in [-0.2, 0) is 9.53 Å². The van der Waals surface area contributed by atoms with E-state index in [4.69, 9.17) is 0 Å². The van der Waals surface area contributed by atoms with Crippen molar-refractivity contribution in [2.45, 2.75) is 24.2 Å². The highest BCUT2D eigenvalue weighted by Crippen LogP contribution is 2.51. The van der Waals surface area contributed by atoms with Gasteiger partial charge in [-0.1, -0.05) is 0 Å². The van der Waals surface area contributed by atoms with Crippen molar-refractivity contribution in [3.63, 3.8) is 0 Å². The van der Waals surface area contributed by atoms with Crippen LogP contribution in [0.2, 0.25) is 0 Å². The van der Waals surface area contributed by atoms with Crippen LogP contribution in [0.5, 0.6) is 0 Å². The first-order valence-electron chi connectivity index (χ1n) is 4.24. The van der Waals surface area contributed by atoms with E-state index in [1.807, 2.05) is 0 Å². The number of carbonyl (C=O) groups is 1. The van der Waals surface area contributed by atoms with Crippen molar-refractivity contribution in [2.24, 2.45) is 0 Å². The van der Waals surface area contributed by atoms with E-state index in [0.717, 1.165) is 0 Å². The van der Waals surface area contributed by atoms with Crippen molar-refractivity contribution in [1.29, 1.82) is 0 Å². The van der Waals surface area contributed by atoms with Crippen LogP contribution in [0.4, 0.5) is 30.7 Å². The summed E-state index contributed by atoms with van der Waals surface area (Å²) < 4.78 is 91.3. The second-order valence-electron chi connectivity index (χ2n) is 2.89. The fraction of sp³-hybridized carbons (Fsp3) is 0.625. The van der Waals surface area contributed by atoms with Crippen molar-refractivity contribution < 1.29 is 40.3 Å². The molecule has 0 spiro atoms. The first-order chi connectivity index (χ1) is 7.88. The summed E-state index contributed by atoms with van der Waals surface area (Å²) in [6, 6.07) is 0. The van der Waals surface area contributed by atoms with Gasteiger partial charge in [0.1, 0.15) is 0 Å². The van der Waals surface area contributed by atoms with Crippen LogP contribution in [0.15, 0.2) is 11.9 Å². The van der Waals surface area contributed by atoms with Crippen LogP contribution in [0, 0.1) is 0 Å². The maximum absolute atomic E-state index is 12.7. The number of alkyl halides is 7. The number of halogens is 8. The molecular formula is C8H6ClF7O2. The molecule has 0 rings (SSSR count). The van der Waals surface area contributed by atoms with E-state index >= 15 is 0 Å². The SMILES string of the molecule is CCOC(=O)C=C(F)C(F)(F)C(F)(F)C(F)(F)Cl. The molecule has 2 nitrogen and oxygen atoms in total. The second-order valence-corrected chi connectivity index (χ2v) is 3.37. The molecule has 0 unspecified atom stereocenters. The van der Waals surface area contributed by atoms with Gasteiger partial charge in [-0.05, 0) is 18.5 Å². The van der Waals surface area contributed by atoms with Crippen molar-refractivity contribution in [3.05, 3.63) is 11.9 Å². The molecule has 0 bridgehead atoms. The average Bonchev–Trinajstić information content (AvgIpc) is 2.15. The minimum Gasteiger partial charge on any atom is -0.463 e. The second kappa shape index (κ2) is 5.33. The predicted octanol–water partition coefficient (Wildman–Crippen LogP) is 3.51. The van der Waals surface area contributed by atoms with Crippen LogP contribution in [0.3, 0.4) is 0 Å². The molecule has 0 aromatic carbocycles. The molecule has 0 radical (unpaired) electrons. The van der Waals surface area contributed by atoms with Crippen molar-refractivity contribution in [3.8, 4) is 0 Å². The Morgan fingerprint density at radius 3 is 2.00 bits per heavy atom. The number of hydrogen-bond acceptors (Lipinski definition) is 2. The molecule has 0 aromatic heterocycles. The minimum atomic E-state index is -6.21. The van der Waals surface area contributed by atoms with Crippen LogP contribution >= 0.6 is 11.6 Å². The molecule has 0 N–H and O–H groups in total. The largest absolute Gasteiger partial charge is 0.463 e. The van der Waals surface area contributed by atoms with E-state index in [9.17, 15) is 35.5 Å². The predicted molar refractivity (Wildman–Crippen MR) is 46.5 cm³/mol. The van der Waals surface area contributed by atoms with E-state index in [1.165, 1.54) is 6.92 Å². The lowest BCUT2D eigenvalue weighted by Gasteiger charge is -2.27. The first kappa shape index (κ1) is 17.0. The van der Waals surface area contributed by atoms with Gasteiger partial charge < -0.3 is 4.74 Å². The van der Waals surface area contributed by atoms with E-state index in [0.29, 0.717) is 0 Å². The van der Waals surface area contributed by atoms with Gasteiger partial charge in [0.2, 0.25) is 0 Å². The summed E-state index contributed by atoms with van der Waals surface area (Å²) in [5, 5.41) is -5.70. The highest BCUT2D eigenvalue weighted by Gasteiger charge is 2.73. The zero-order chi connectivity index (χ0) is 14.8. The Balaban J connectivity index is 5.33. The highest BCUT2D eigenvalue weighted by molar-refractivity contribution is 6.22. The molecule has 0 atom stereocenters. The quantitative estimate of drug-likeness (QED) is 0.336. The fourth-order valence-electron chi connectivity index (χ4n) is 0.706. The van der Waals surface area contributed by atoms with Gasteiger partial charge in [-0.25, -0.2) is 9.18 Å². The van der Waals surface area contributed by atoms with Gasteiger partial charge in [0.25, 0.3) is 0 Å². The normalized spacial score (nSPS) is 14.6. The van der Waals surface area contributed by atoms with Gasteiger partial charge in [0.05, 0.1) is 12.7 Å². The average molecular weight is 303 g/mol. The van der Waals surface area contributed by atoms with Crippen LogP contribution < -0.4 is 0 Å². The first-order valence-corrected chi connectivity index (χ1v) is 4.62. The maximum atomic E-state index is 12.7. The Morgan fingerprint density at radius 2 is 1.67 bits per heavy atom. The highest BCUT2D eigenvalue weighted by atomic mass is 35.5. The molecular weight excluding hydrogens is 297 g/mol. The Kier molecular flexibility index (Phi) is 5.04. The number of rotatable bonds is 5. The molecule has 106 valence electrons. The number of esters is 1. The summed E-state index contributed by atoms with van der Waals surface area (Å²) in [7, 11) is 0. The molecule has 18 heavy (non-hydrogen) atoms. The monoisotopic (exact) mass is 302 g/mol. The lowest BCUT2D eigenvalue weighted by Crippen LogP contribution is -2.51. The lowest BCUT2D eigenvalue weighted by molar-refractivity contribution is -0.269. The summed E-state index contributed by atoms with van der Waals surface area (Å²) in [5.41, 5.74) is 0. The maximum Gasteiger partial charge on any atom is 0.393 e. The lowest BCUT2D eigenvalue weighted by atomic mass is 10.1. The third kappa shape index (κ3) is 3.27. The number of ether oxygens (including phenoxy) is 1. The standard InChI is InChI=1S/C8H6ClF7O2/c1-2-18-5(17)3-4(10)6(11,12)7(13,14)8(9,15)16/h3H,2H2,1H3. The number of allylic oxidation sites excluding steroid dienone is 1. The van der Waals surface area contributed by atoms with Crippen molar-refractivity contribution >= 4 is 17.6 Å². The van der Waals surface area contributed by atoms with Gasteiger partial charge in [-0.3, -0.25) is 0 Å². The molecule has 0 saturated carbocycles. The van der Waals surface area contributed by atoms with Gasteiger partial charge in [0, 0.05) is 0 Å². The molecule has 0 aliphatic heterocycles. The minimum absolute atomic E-state index is 0.351. The van der Waals surface area contributed by atoms with E-state index in [2.05, 4.69) is 16.3 Å². The van der Waals surface area contributed by atoms with E-state index in [1.54, 1.807) is 0 Å². The van der Waals surface area contributed by atoms with E-state index < -0.39 is 35.1 Å². The Hall–Kier alpha value is -0.990. The summed E-state index contributed by atoms with van der Waals surface area (Å²) >= 11 is 3.78. The van der Waals surface area contributed by atoms with Gasteiger partial charge >= 0.3 is 23.2 Å². The summed E-state index contributed by atoms with van der Waals surface area (Å²) in [4.78, 5) is 10.5. The topological polar surface area (TPSA) is 26.3 Å². The Morgan fingerprint density at radius 1 is 1.22 bits per heavy atom. The van der Waals surface area contributed by atoms with Gasteiger partial charge in [0.15, 0.2) is 5.83 Å². The fourth-order valence-corrected chi connectivity index (χ4v) is 0.825. The summed E-state index contributed by atoms with van der Waals surface area (Å²) in [5.74, 6) is -17.0. The molecule has 0 aliphatic rings. The molecule has 0 amide bonds. The molecule has 0 aromatic rings. The third-order valence-corrected chi connectivity index (χ3v) is 1.82. The van der Waals surface area contributed by atoms with E-state index in [-0.39, 0.29) is 6.61 Å². The molecule has 0 aliphatic carbocycles. The van der Waals surface area contributed by atoms with Crippen LogP contribution in [-0.4, -0.2) is 29.8 Å². The Bertz CT molecular complexity index is 348. The number of carbonyl (C=O) groups excluding carboxylic acids is 1.